The van der Waals surface area contributed by atoms with Crippen molar-refractivity contribution in [2.45, 2.75) is 78.3 Å². The van der Waals surface area contributed by atoms with Crippen LogP contribution in [0.1, 0.15) is 74.6 Å². The first-order valence-corrected chi connectivity index (χ1v) is 14.2. The maximum Gasteiger partial charge on any atom is 0.340 e. The predicted molar refractivity (Wildman–Crippen MR) is 156 cm³/mol. The van der Waals surface area contributed by atoms with Gasteiger partial charge in [-0.25, -0.2) is 4.79 Å². The molecule has 1 heterocycles. The summed E-state index contributed by atoms with van der Waals surface area (Å²) in [5, 5.41) is 1.10. The van der Waals surface area contributed by atoms with Crippen molar-refractivity contribution in [2.24, 2.45) is 0 Å². The molecule has 2 aromatic carbocycles. The summed E-state index contributed by atoms with van der Waals surface area (Å²) < 4.78 is 12.1. The molecule has 3 aromatic rings. The van der Waals surface area contributed by atoms with Gasteiger partial charge in [0, 0.05) is 21.5 Å². The Kier molecular flexibility index (Phi) is 9.96. The first kappa shape index (κ1) is 29.3. The molecule has 4 nitrogen and oxygen atoms in total. The van der Waals surface area contributed by atoms with Crippen LogP contribution in [0, 0.1) is 20.8 Å². The van der Waals surface area contributed by atoms with Crippen molar-refractivity contribution in [1.29, 1.82) is 0 Å². The quantitative estimate of drug-likeness (QED) is 0.143. The van der Waals surface area contributed by atoms with Crippen LogP contribution in [-0.2, 0) is 19.6 Å². The molecule has 0 amide bonds. The topological polar surface area (TPSA) is 48.4 Å². The largest absolute Gasteiger partial charge is 0.464 e. The van der Waals surface area contributed by atoms with E-state index in [-0.39, 0.29) is 0 Å². The van der Waals surface area contributed by atoms with E-state index < -0.39 is 17.7 Å². The highest BCUT2D eigenvalue weighted by molar-refractivity contribution is 9.08. The molecule has 0 aliphatic carbocycles. The number of nitrogens with zero attached hydrogens (tertiary/aromatic N) is 1. The Morgan fingerprint density at radius 2 is 1.68 bits per heavy atom. The van der Waals surface area contributed by atoms with Crippen molar-refractivity contribution in [2.75, 3.05) is 6.61 Å². The lowest BCUT2D eigenvalue weighted by atomic mass is 9.88. The molecule has 198 valence electrons. The predicted octanol–water partition coefficient (Wildman–Crippen LogP) is 9.09. The van der Waals surface area contributed by atoms with Gasteiger partial charge in [0.05, 0.1) is 23.6 Å². The molecule has 1 unspecified atom stereocenters. The highest BCUT2D eigenvalue weighted by Crippen LogP contribution is 2.42. The summed E-state index contributed by atoms with van der Waals surface area (Å²) in [6, 6.07) is 14.1. The van der Waals surface area contributed by atoms with Gasteiger partial charge in [-0.3, -0.25) is 4.98 Å². The summed E-state index contributed by atoms with van der Waals surface area (Å²) in [4.78, 5) is 18.6. The van der Waals surface area contributed by atoms with Gasteiger partial charge in [0.25, 0.3) is 0 Å². The summed E-state index contributed by atoms with van der Waals surface area (Å²) >= 11 is 9.90. The summed E-state index contributed by atoms with van der Waals surface area (Å²) in [5.41, 5.74) is 8.03. The van der Waals surface area contributed by atoms with Crippen molar-refractivity contribution >= 4 is 33.5 Å². The lowest BCUT2D eigenvalue weighted by Gasteiger charge is -2.30. The summed E-state index contributed by atoms with van der Waals surface area (Å²) in [6.07, 6.45) is 0.799. The molecule has 37 heavy (non-hydrogen) atoms. The van der Waals surface area contributed by atoms with Crippen molar-refractivity contribution in [3.8, 4) is 22.4 Å². The van der Waals surface area contributed by atoms with Crippen LogP contribution in [0.15, 0.2) is 42.5 Å². The van der Waals surface area contributed by atoms with Crippen LogP contribution in [0.25, 0.3) is 22.4 Å². The van der Waals surface area contributed by atoms with Crippen LogP contribution in [-0.4, -0.2) is 23.2 Å². The lowest BCUT2D eigenvalue weighted by Crippen LogP contribution is -2.30. The average molecular weight is 587 g/mol. The number of aryl methyl sites for hydroxylation is 2. The molecule has 0 radical (unpaired) electrons. The van der Waals surface area contributed by atoms with Gasteiger partial charge in [0.1, 0.15) is 0 Å². The fourth-order valence-corrected chi connectivity index (χ4v) is 4.81. The van der Waals surface area contributed by atoms with Gasteiger partial charge >= 0.3 is 5.97 Å². The Bertz CT molecular complexity index is 1250. The van der Waals surface area contributed by atoms with Crippen molar-refractivity contribution in [1.82, 2.24) is 4.98 Å². The molecule has 0 N–H and O–H groups in total. The number of hydrogen-bond donors (Lipinski definition) is 0. The molecule has 0 saturated heterocycles. The number of alkyl halides is 1. The van der Waals surface area contributed by atoms with Crippen molar-refractivity contribution in [3.05, 3.63) is 75.4 Å². The number of pyridine rings is 1. The number of carbonyl (C=O) groups excluding carboxylic acids is 1. The van der Waals surface area contributed by atoms with Gasteiger partial charge in [-0.15, -0.1) is 0 Å². The number of esters is 1. The van der Waals surface area contributed by atoms with E-state index in [9.17, 15) is 4.79 Å². The van der Waals surface area contributed by atoms with Crippen LogP contribution in [0.4, 0.5) is 0 Å². The second-order valence-electron chi connectivity index (χ2n) is 10.4. The SMILES string of the molecule is CCCCOC(=O)C(OC(C)(C)C)c1c(CBr)nc(-c2ccc(C)c(C)c2)c(C)c1-c1ccc(Cl)cc1. The smallest absolute Gasteiger partial charge is 0.340 e. The molecular formula is C31H37BrClNO3. The molecule has 3 rings (SSSR count). The number of unbranched alkanes of at least 4 members (excludes halogenated alkanes) is 1. The van der Waals surface area contributed by atoms with Crippen molar-refractivity contribution in [3.63, 3.8) is 0 Å². The second kappa shape index (κ2) is 12.6. The minimum Gasteiger partial charge on any atom is -0.464 e. The lowest BCUT2D eigenvalue weighted by molar-refractivity contribution is -0.167. The molecule has 0 aliphatic heterocycles. The van der Waals surface area contributed by atoms with Crippen LogP contribution >= 0.6 is 27.5 Å². The molecule has 0 fully saturated rings. The van der Waals surface area contributed by atoms with E-state index in [0.29, 0.717) is 17.0 Å². The number of aromatic nitrogens is 1. The van der Waals surface area contributed by atoms with Gasteiger partial charge in [0.2, 0.25) is 0 Å². The highest BCUT2D eigenvalue weighted by Gasteiger charge is 2.34. The third-order valence-electron chi connectivity index (χ3n) is 6.29. The maximum atomic E-state index is 13.5. The van der Waals surface area contributed by atoms with E-state index in [2.05, 4.69) is 61.8 Å². The Labute approximate surface area is 234 Å². The van der Waals surface area contributed by atoms with Crippen LogP contribution < -0.4 is 0 Å². The summed E-state index contributed by atoms with van der Waals surface area (Å²) in [5.74, 6) is -0.402. The number of carbonyl (C=O) groups is 1. The Balaban J connectivity index is 2.35. The van der Waals surface area contributed by atoms with Crippen LogP contribution in [0.3, 0.4) is 0 Å². The Morgan fingerprint density at radius 1 is 1.03 bits per heavy atom. The van der Waals surface area contributed by atoms with Gasteiger partial charge in [-0.2, -0.15) is 0 Å². The molecule has 1 atom stereocenters. The fraction of sp³-hybridized carbons (Fsp3) is 0.419. The number of ether oxygens (including phenoxy) is 2. The molecule has 0 spiro atoms. The highest BCUT2D eigenvalue weighted by atomic mass is 79.9. The van der Waals surface area contributed by atoms with Crippen LogP contribution in [0.2, 0.25) is 5.02 Å². The number of benzene rings is 2. The molecule has 1 aromatic heterocycles. The molecule has 0 saturated carbocycles. The zero-order valence-electron chi connectivity index (χ0n) is 22.9. The van der Waals surface area contributed by atoms with Crippen LogP contribution in [0.5, 0.6) is 0 Å². The zero-order chi connectivity index (χ0) is 27.3. The van der Waals surface area contributed by atoms with E-state index in [0.717, 1.165) is 52.0 Å². The number of hydrogen-bond acceptors (Lipinski definition) is 4. The first-order chi connectivity index (χ1) is 17.5. The third kappa shape index (κ3) is 7.22. The summed E-state index contributed by atoms with van der Waals surface area (Å²) in [6.45, 7) is 14.5. The summed E-state index contributed by atoms with van der Waals surface area (Å²) in [7, 11) is 0. The third-order valence-corrected chi connectivity index (χ3v) is 7.07. The standard InChI is InChI=1S/C31H37BrClNO3/c1-8-9-16-36-30(35)29(37-31(5,6)7)27-25(18-32)34-28(23-11-10-19(2)20(3)17-23)21(4)26(27)22-12-14-24(33)15-13-22/h10-15,17,29H,8-9,16,18H2,1-7H3. The second-order valence-corrected chi connectivity index (χ2v) is 11.4. The van der Waals surface area contributed by atoms with Gasteiger partial charge in [-0.05, 0) is 94.0 Å². The molecule has 6 heteroatoms. The van der Waals surface area contributed by atoms with E-state index in [1.54, 1.807) is 0 Å². The molecule has 0 aliphatic rings. The van der Waals surface area contributed by atoms with E-state index in [1.165, 1.54) is 11.1 Å². The number of halogens is 2. The van der Waals surface area contributed by atoms with E-state index >= 15 is 0 Å². The molecule has 0 bridgehead atoms. The zero-order valence-corrected chi connectivity index (χ0v) is 25.2. The Hall–Kier alpha value is -2.21. The first-order valence-electron chi connectivity index (χ1n) is 12.7. The van der Waals surface area contributed by atoms with Crippen molar-refractivity contribution < 1.29 is 14.3 Å². The normalized spacial score (nSPS) is 12.5. The molecular weight excluding hydrogens is 550 g/mol. The maximum absolute atomic E-state index is 13.5. The monoisotopic (exact) mass is 585 g/mol. The number of rotatable bonds is 9. The van der Waals surface area contributed by atoms with Gasteiger partial charge in [-0.1, -0.05) is 65.1 Å². The fourth-order valence-electron chi connectivity index (χ4n) is 4.26. The minimum atomic E-state index is -0.935. The minimum absolute atomic E-state index is 0.354. The van der Waals surface area contributed by atoms with Gasteiger partial charge < -0.3 is 9.47 Å². The average Bonchev–Trinajstić information content (AvgIpc) is 2.84. The van der Waals surface area contributed by atoms with Gasteiger partial charge in [0.15, 0.2) is 6.10 Å². The Morgan fingerprint density at radius 3 is 2.24 bits per heavy atom. The van der Waals surface area contributed by atoms with E-state index in [4.69, 9.17) is 26.1 Å². The van der Waals surface area contributed by atoms with E-state index in [1.807, 2.05) is 45.0 Å².